The summed E-state index contributed by atoms with van der Waals surface area (Å²) >= 11 is 0. The molecule has 3 N–H and O–H groups in total. The fraction of sp³-hybridized carbons (Fsp3) is 0.163. The maximum absolute atomic E-state index is 13.5. The molecule has 0 heterocycles. The number of Topliss-reactive ketones (excluding diaryl/α,β-unsaturated/α-hetero) is 4. The van der Waals surface area contributed by atoms with E-state index in [-0.39, 0.29) is 34.5 Å². The van der Waals surface area contributed by atoms with Gasteiger partial charge in [-0.25, -0.2) is 0 Å². The third-order valence-corrected chi connectivity index (χ3v) is 10.5. The molecule has 1 unspecified atom stereocenters. The minimum absolute atomic E-state index is 0.0614. The van der Waals surface area contributed by atoms with Crippen LogP contribution in [0.2, 0.25) is 0 Å². The second-order valence-corrected chi connectivity index (χ2v) is 14.4. The number of allylic oxidation sites excluding steroid dienone is 7. The Hall–Kier alpha value is -7.89. The van der Waals surface area contributed by atoms with Crippen LogP contribution in [0.3, 0.4) is 0 Å². The molecule has 9 rings (SSSR count). The Morgan fingerprint density at radius 2 is 1.17 bits per heavy atom. The fourth-order valence-electron chi connectivity index (χ4n) is 7.60. The van der Waals surface area contributed by atoms with Crippen LogP contribution in [0, 0.1) is 22.7 Å². The average Bonchev–Trinajstić information content (AvgIpc) is 3.27. The number of carbonyl (C=O) groups excluding carboxylic acids is 7. The lowest BCUT2D eigenvalue weighted by Gasteiger charge is -2.36. The van der Waals surface area contributed by atoms with E-state index in [1.54, 1.807) is 91.0 Å². The quantitative estimate of drug-likeness (QED) is 0.148. The molecule has 0 aromatic heterocycles. The van der Waals surface area contributed by atoms with Gasteiger partial charge in [-0.15, -0.1) is 0 Å². The molecule has 0 bridgehead atoms. The van der Waals surface area contributed by atoms with Gasteiger partial charge in [0.05, 0.1) is 23.3 Å². The number of fused-ring (bicyclic) bond motifs is 2. The predicted octanol–water partition coefficient (Wildman–Crippen LogP) is 7.77. The first-order valence-electron chi connectivity index (χ1n) is 19.1. The zero-order valence-corrected chi connectivity index (χ0v) is 32.3. The maximum Gasteiger partial charge on any atom is 0.233 e. The molecular formula is C49H37N3O8. The Morgan fingerprint density at radius 3 is 1.72 bits per heavy atom. The van der Waals surface area contributed by atoms with Crippen molar-refractivity contribution < 1.29 is 38.7 Å². The van der Waals surface area contributed by atoms with Gasteiger partial charge in [-0.1, -0.05) is 78.4 Å². The molecule has 5 aliphatic rings. The van der Waals surface area contributed by atoms with Crippen molar-refractivity contribution >= 4 is 46.7 Å². The molecule has 0 radical (unpaired) electrons. The van der Waals surface area contributed by atoms with Gasteiger partial charge in [-0.3, -0.25) is 33.6 Å². The Labute approximate surface area is 345 Å². The van der Waals surface area contributed by atoms with Crippen LogP contribution in [0.15, 0.2) is 137 Å². The van der Waals surface area contributed by atoms with Crippen LogP contribution in [-0.4, -0.2) is 46.1 Å². The van der Waals surface area contributed by atoms with Crippen LogP contribution in [-0.2, 0) is 14.4 Å². The summed E-state index contributed by atoms with van der Waals surface area (Å²) in [4.78, 5) is 82.6. The molecule has 0 amide bonds. The summed E-state index contributed by atoms with van der Waals surface area (Å²) in [6.07, 6.45) is 8.13. The summed E-state index contributed by atoms with van der Waals surface area (Å²) in [5.74, 6) is -1.96. The van der Waals surface area contributed by atoms with Crippen molar-refractivity contribution in [3.8, 4) is 12.1 Å². The summed E-state index contributed by atoms with van der Waals surface area (Å²) in [6.45, 7) is 0. The minimum Gasteiger partial charge on any atom is -0.507 e. The number of carbonyl (C=O) groups is 7. The molecule has 5 aliphatic carbocycles. The van der Waals surface area contributed by atoms with Crippen LogP contribution in [0.1, 0.15) is 115 Å². The molecule has 4 aromatic rings. The lowest BCUT2D eigenvalue weighted by Crippen LogP contribution is -2.33. The Kier molecular flexibility index (Phi) is 12.9. The number of nitriles is 2. The maximum atomic E-state index is 13.5. The highest BCUT2D eigenvalue weighted by Gasteiger charge is 2.44. The van der Waals surface area contributed by atoms with Crippen molar-refractivity contribution in [3.05, 3.63) is 182 Å². The van der Waals surface area contributed by atoms with E-state index in [4.69, 9.17) is 16.3 Å². The number of rotatable bonds is 2. The van der Waals surface area contributed by atoms with Crippen molar-refractivity contribution in [1.82, 2.24) is 0 Å². The van der Waals surface area contributed by atoms with Crippen molar-refractivity contribution in [1.29, 1.82) is 10.5 Å². The Morgan fingerprint density at radius 1 is 0.617 bits per heavy atom. The number of hydrogen-bond acceptors (Lipinski definition) is 11. The molecule has 0 fully saturated rings. The third-order valence-electron chi connectivity index (χ3n) is 10.5. The van der Waals surface area contributed by atoms with Gasteiger partial charge in [0.15, 0.2) is 23.1 Å². The molecule has 11 heteroatoms. The zero-order chi connectivity index (χ0) is 42.9. The lowest BCUT2D eigenvalue weighted by molar-refractivity contribution is -0.116. The summed E-state index contributed by atoms with van der Waals surface area (Å²) in [7, 11) is 0. The van der Waals surface area contributed by atoms with Gasteiger partial charge in [-0.2, -0.15) is 10.5 Å². The van der Waals surface area contributed by atoms with Crippen LogP contribution in [0.4, 0.5) is 0 Å². The van der Waals surface area contributed by atoms with E-state index >= 15 is 0 Å². The molecule has 1 atom stereocenters. The zero-order valence-electron chi connectivity index (χ0n) is 32.3. The van der Waals surface area contributed by atoms with E-state index in [2.05, 4.69) is 6.07 Å². The summed E-state index contributed by atoms with van der Waals surface area (Å²) in [5.41, 5.74) is 12.7. The summed E-state index contributed by atoms with van der Waals surface area (Å²) < 4.78 is 0. The normalized spacial score (nSPS) is 17.5. The molecule has 4 aromatic carbocycles. The van der Waals surface area contributed by atoms with E-state index < -0.39 is 17.5 Å². The van der Waals surface area contributed by atoms with Crippen molar-refractivity contribution in [3.63, 3.8) is 0 Å². The highest BCUT2D eigenvalue weighted by molar-refractivity contribution is 6.50. The van der Waals surface area contributed by atoms with Gasteiger partial charge >= 0.3 is 0 Å². The largest absolute Gasteiger partial charge is 0.507 e. The number of hydrogen-bond donors (Lipinski definition) is 2. The highest BCUT2D eigenvalue weighted by Crippen LogP contribution is 2.49. The molecule has 296 valence electrons. The second-order valence-electron chi connectivity index (χ2n) is 14.4. The average molecular weight is 796 g/mol. The predicted molar refractivity (Wildman–Crippen MR) is 221 cm³/mol. The van der Waals surface area contributed by atoms with Crippen LogP contribution >= 0.6 is 0 Å². The number of aliphatic hydroxyl groups is 1. The number of aliphatic hydroxyl groups excluding tert-OH is 1. The topological polar surface area (TPSA) is 213 Å². The SMILES string of the molecule is N#Cc1ccc(C2C3=C(CCCC3=O)CC3=C2C(=O)c2ccccc2C3=O)cc1.N#Cc1ccc(C=O)cc1.NC1=CC(=O)CCC1.O=C1C=C(O)c2ccccc2C1=O. The van der Waals surface area contributed by atoms with E-state index in [1.807, 2.05) is 6.07 Å². The first-order chi connectivity index (χ1) is 28.9. The Balaban J connectivity index is 0.000000159. The van der Waals surface area contributed by atoms with Gasteiger partial charge in [0.25, 0.3) is 0 Å². The van der Waals surface area contributed by atoms with E-state index in [0.717, 1.165) is 54.9 Å². The smallest absolute Gasteiger partial charge is 0.233 e. The van der Waals surface area contributed by atoms with E-state index in [0.29, 0.717) is 69.4 Å². The second kappa shape index (κ2) is 18.6. The van der Waals surface area contributed by atoms with Crippen molar-refractivity contribution in [2.75, 3.05) is 0 Å². The molecular weight excluding hydrogens is 759 g/mol. The highest BCUT2D eigenvalue weighted by atomic mass is 16.3. The van der Waals surface area contributed by atoms with E-state index in [1.165, 1.54) is 12.1 Å². The van der Waals surface area contributed by atoms with Crippen LogP contribution in [0.25, 0.3) is 5.76 Å². The number of nitrogens with two attached hydrogens (primary N) is 1. The first kappa shape index (κ1) is 41.7. The monoisotopic (exact) mass is 795 g/mol. The Bertz CT molecular complexity index is 2680. The molecule has 0 spiro atoms. The van der Waals surface area contributed by atoms with Gasteiger partial charge in [-0.05, 0) is 68.0 Å². The van der Waals surface area contributed by atoms with E-state index in [9.17, 15) is 38.7 Å². The van der Waals surface area contributed by atoms with Gasteiger partial charge in [0, 0.05) is 75.1 Å². The lowest BCUT2D eigenvalue weighted by atomic mass is 9.65. The summed E-state index contributed by atoms with van der Waals surface area (Å²) in [6, 6.07) is 30.9. The molecule has 11 nitrogen and oxygen atoms in total. The molecule has 0 saturated heterocycles. The van der Waals surface area contributed by atoms with Crippen LogP contribution < -0.4 is 5.73 Å². The number of aldehydes is 1. The van der Waals surface area contributed by atoms with Crippen LogP contribution in [0.5, 0.6) is 0 Å². The van der Waals surface area contributed by atoms with Gasteiger partial charge < -0.3 is 10.8 Å². The first-order valence-corrected chi connectivity index (χ1v) is 19.1. The number of ketones is 6. The molecule has 0 saturated carbocycles. The van der Waals surface area contributed by atoms with Gasteiger partial charge in [0.2, 0.25) is 11.6 Å². The third kappa shape index (κ3) is 8.96. The van der Waals surface area contributed by atoms with Crippen molar-refractivity contribution in [2.24, 2.45) is 5.73 Å². The minimum atomic E-state index is -0.670. The van der Waals surface area contributed by atoms with Gasteiger partial charge in [0.1, 0.15) is 12.0 Å². The molecule has 60 heavy (non-hydrogen) atoms. The number of benzene rings is 4. The standard InChI is InChI=1S/C25H17NO3.C10H6O3.C8H5NO.C6H9NO/c26-13-14-8-10-15(11-9-14)22-21-16(4-3-7-20(21)27)12-19-23(22)25(29)18-6-2-1-5-17(18)24(19)28;11-8-5-9(12)10(13)7-4-2-1-3-6(7)8;9-5-7-1-3-8(6-10)4-2-7;7-5-2-1-3-6(8)4-5/h1-2,5-6,8-11,22H,3-4,7,12H2;1-5,11H;1-4,6H;4H,1-3,7H2. The molecule has 0 aliphatic heterocycles. The van der Waals surface area contributed by atoms with Crippen molar-refractivity contribution in [2.45, 2.75) is 50.9 Å². The summed E-state index contributed by atoms with van der Waals surface area (Å²) in [5, 5.41) is 26.8. The number of nitrogens with zero attached hydrogens (tertiary/aromatic N) is 2. The fourth-order valence-corrected chi connectivity index (χ4v) is 7.60.